The summed E-state index contributed by atoms with van der Waals surface area (Å²) in [5, 5.41) is 0. The Bertz CT molecular complexity index is 421. The number of carbonyl (C=O) groups is 2. The molecular weight excluding hydrogens is 384 g/mol. The van der Waals surface area contributed by atoms with Gasteiger partial charge in [-0.05, 0) is 25.7 Å². The van der Waals surface area contributed by atoms with Crippen LogP contribution in [0.1, 0.15) is 78.1 Å². The molecule has 2 unspecified atom stereocenters. The SMILES string of the molecule is C=CC(=O)OC(CCC)CCOCCCCCCOCCC(CCC)OC(=O)C=C. The van der Waals surface area contributed by atoms with Crippen molar-refractivity contribution in [1.82, 2.24) is 0 Å². The van der Waals surface area contributed by atoms with Gasteiger partial charge in [-0.2, -0.15) is 0 Å². The number of carbonyl (C=O) groups excluding carboxylic acids is 2. The zero-order valence-corrected chi connectivity index (χ0v) is 19.1. The van der Waals surface area contributed by atoms with Crippen LogP contribution in [-0.4, -0.2) is 50.6 Å². The van der Waals surface area contributed by atoms with E-state index in [-0.39, 0.29) is 24.1 Å². The fourth-order valence-electron chi connectivity index (χ4n) is 2.99. The van der Waals surface area contributed by atoms with E-state index in [2.05, 4.69) is 27.0 Å². The molecule has 0 bridgehead atoms. The second kappa shape index (κ2) is 20.6. The summed E-state index contributed by atoms with van der Waals surface area (Å²) in [5.74, 6) is -0.733. The topological polar surface area (TPSA) is 71.1 Å². The molecule has 0 aromatic heterocycles. The largest absolute Gasteiger partial charge is 0.459 e. The van der Waals surface area contributed by atoms with Crippen LogP contribution in [0.5, 0.6) is 0 Å². The number of hydrogen-bond acceptors (Lipinski definition) is 6. The van der Waals surface area contributed by atoms with Crippen molar-refractivity contribution in [2.24, 2.45) is 0 Å². The van der Waals surface area contributed by atoms with E-state index in [4.69, 9.17) is 18.9 Å². The summed E-state index contributed by atoms with van der Waals surface area (Å²) in [5.41, 5.74) is 0. The highest BCUT2D eigenvalue weighted by Gasteiger charge is 2.12. The van der Waals surface area contributed by atoms with Crippen molar-refractivity contribution >= 4 is 11.9 Å². The molecule has 0 N–H and O–H groups in total. The van der Waals surface area contributed by atoms with Gasteiger partial charge in [-0.1, -0.05) is 52.7 Å². The Kier molecular flexibility index (Phi) is 19.5. The number of esters is 2. The van der Waals surface area contributed by atoms with Crippen LogP contribution in [0.3, 0.4) is 0 Å². The maximum Gasteiger partial charge on any atom is 0.330 e. The Balaban J connectivity index is 3.58. The van der Waals surface area contributed by atoms with Crippen molar-refractivity contribution < 1.29 is 28.5 Å². The van der Waals surface area contributed by atoms with Crippen LogP contribution in [0.25, 0.3) is 0 Å². The van der Waals surface area contributed by atoms with E-state index < -0.39 is 0 Å². The summed E-state index contributed by atoms with van der Waals surface area (Å²) < 4.78 is 21.9. The first kappa shape index (κ1) is 28.3. The van der Waals surface area contributed by atoms with Crippen molar-refractivity contribution in [3.05, 3.63) is 25.3 Å². The van der Waals surface area contributed by atoms with Crippen LogP contribution >= 0.6 is 0 Å². The van der Waals surface area contributed by atoms with E-state index in [1.54, 1.807) is 0 Å². The lowest BCUT2D eigenvalue weighted by Gasteiger charge is -2.16. The third kappa shape index (κ3) is 17.2. The van der Waals surface area contributed by atoms with Gasteiger partial charge in [0.1, 0.15) is 12.2 Å². The van der Waals surface area contributed by atoms with Gasteiger partial charge in [0.2, 0.25) is 0 Å². The molecule has 0 radical (unpaired) electrons. The van der Waals surface area contributed by atoms with Gasteiger partial charge in [-0.25, -0.2) is 9.59 Å². The summed E-state index contributed by atoms with van der Waals surface area (Å²) in [6.07, 6.45) is 11.5. The standard InChI is InChI=1S/C24H42O6/c1-5-13-21(29-23(25)7-3)15-19-27-17-11-9-10-12-18-28-20-16-22(14-6-2)30-24(26)8-4/h7-8,21-22H,3-6,9-20H2,1-2H3. The van der Waals surface area contributed by atoms with Crippen molar-refractivity contribution in [2.45, 2.75) is 90.3 Å². The van der Waals surface area contributed by atoms with Crippen molar-refractivity contribution in [3.63, 3.8) is 0 Å². The summed E-state index contributed by atoms with van der Waals surface area (Å²) in [7, 11) is 0. The number of ether oxygens (including phenoxy) is 4. The van der Waals surface area contributed by atoms with E-state index in [1.165, 1.54) is 12.2 Å². The maximum absolute atomic E-state index is 11.3. The van der Waals surface area contributed by atoms with Gasteiger partial charge >= 0.3 is 11.9 Å². The highest BCUT2D eigenvalue weighted by Crippen LogP contribution is 2.10. The van der Waals surface area contributed by atoms with E-state index >= 15 is 0 Å². The first-order valence-corrected chi connectivity index (χ1v) is 11.4. The minimum atomic E-state index is -0.366. The lowest BCUT2D eigenvalue weighted by atomic mass is 10.1. The first-order chi connectivity index (χ1) is 14.6. The van der Waals surface area contributed by atoms with Gasteiger partial charge in [0.25, 0.3) is 0 Å². The Morgan fingerprint density at radius 3 is 1.40 bits per heavy atom. The van der Waals surface area contributed by atoms with Crippen LogP contribution in [0.4, 0.5) is 0 Å². The number of unbranched alkanes of at least 4 members (excludes halogenated alkanes) is 3. The van der Waals surface area contributed by atoms with E-state index in [9.17, 15) is 9.59 Å². The van der Waals surface area contributed by atoms with E-state index in [0.717, 1.165) is 77.4 Å². The van der Waals surface area contributed by atoms with Gasteiger partial charge < -0.3 is 18.9 Å². The molecule has 0 aromatic carbocycles. The minimum Gasteiger partial charge on any atom is -0.459 e. The predicted molar refractivity (Wildman–Crippen MR) is 119 cm³/mol. The fraction of sp³-hybridized carbons (Fsp3) is 0.750. The van der Waals surface area contributed by atoms with Gasteiger partial charge in [0, 0.05) is 38.2 Å². The molecule has 0 fully saturated rings. The molecule has 0 spiro atoms. The molecule has 2 atom stereocenters. The molecule has 6 nitrogen and oxygen atoms in total. The average Bonchev–Trinajstić information content (AvgIpc) is 2.74. The second-order valence-electron chi connectivity index (χ2n) is 7.32. The molecule has 0 aliphatic heterocycles. The molecule has 30 heavy (non-hydrogen) atoms. The van der Waals surface area contributed by atoms with Gasteiger partial charge in [-0.15, -0.1) is 0 Å². The van der Waals surface area contributed by atoms with Crippen LogP contribution in [0.2, 0.25) is 0 Å². The van der Waals surface area contributed by atoms with Gasteiger partial charge in [-0.3, -0.25) is 0 Å². The van der Waals surface area contributed by atoms with Gasteiger partial charge in [0.05, 0.1) is 13.2 Å². The van der Waals surface area contributed by atoms with E-state index in [0.29, 0.717) is 13.2 Å². The summed E-state index contributed by atoms with van der Waals surface area (Å²) >= 11 is 0. The molecule has 0 saturated heterocycles. The Labute approximate surface area is 183 Å². The molecular formula is C24H42O6. The van der Waals surface area contributed by atoms with Crippen LogP contribution in [0, 0.1) is 0 Å². The zero-order chi connectivity index (χ0) is 22.5. The molecule has 0 heterocycles. The van der Waals surface area contributed by atoms with Crippen LogP contribution in [-0.2, 0) is 28.5 Å². The minimum absolute atomic E-state index is 0.0881. The Morgan fingerprint density at radius 2 is 1.07 bits per heavy atom. The normalized spacial score (nSPS) is 12.7. The third-order valence-electron chi connectivity index (χ3n) is 4.62. The zero-order valence-electron chi connectivity index (χ0n) is 19.1. The first-order valence-electron chi connectivity index (χ1n) is 11.4. The van der Waals surface area contributed by atoms with Crippen molar-refractivity contribution in [3.8, 4) is 0 Å². The van der Waals surface area contributed by atoms with Crippen LogP contribution in [0.15, 0.2) is 25.3 Å². The number of hydrogen-bond donors (Lipinski definition) is 0. The quantitative estimate of drug-likeness (QED) is 0.143. The summed E-state index contributed by atoms with van der Waals surface area (Å²) in [6.45, 7) is 13.7. The molecule has 0 aliphatic carbocycles. The Morgan fingerprint density at radius 1 is 0.667 bits per heavy atom. The van der Waals surface area contributed by atoms with Gasteiger partial charge in [0.15, 0.2) is 0 Å². The molecule has 0 aliphatic rings. The highest BCUT2D eigenvalue weighted by molar-refractivity contribution is 5.81. The van der Waals surface area contributed by atoms with Crippen molar-refractivity contribution in [2.75, 3.05) is 26.4 Å². The summed E-state index contributed by atoms with van der Waals surface area (Å²) in [4.78, 5) is 22.6. The third-order valence-corrected chi connectivity index (χ3v) is 4.62. The fourth-order valence-corrected chi connectivity index (χ4v) is 2.99. The molecule has 174 valence electrons. The maximum atomic E-state index is 11.3. The smallest absolute Gasteiger partial charge is 0.330 e. The summed E-state index contributed by atoms with van der Waals surface area (Å²) in [6, 6.07) is 0. The number of rotatable bonds is 21. The molecule has 0 aromatic rings. The molecule has 0 amide bonds. The Hall–Kier alpha value is -1.66. The molecule has 6 heteroatoms. The van der Waals surface area contributed by atoms with Crippen LogP contribution < -0.4 is 0 Å². The molecule has 0 rings (SSSR count). The monoisotopic (exact) mass is 426 g/mol. The lowest BCUT2D eigenvalue weighted by Crippen LogP contribution is -2.19. The van der Waals surface area contributed by atoms with Crippen molar-refractivity contribution in [1.29, 1.82) is 0 Å². The predicted octanol–water partition coefficient (Wildman–Crippen LogP) is 5.16. The average molecular weight is 427 g/mol. The van der Waals surface area contributed by atoms with E-state index in [1.807, 2.05) is 0 Å². The lowest BCUT2D eigenvalue weighted by molar-refractivity contribution is -0.145. The second-order valence-corrected chi connectivity index (χ2v) is 7.32. The molecule has 0 saturated carbocycles. The highest BCUT2D eigenvalue weighted by atomic mass is 16.5.